The largest absolute Gasteiger partial charge is 0.462 e. The average Bonchev–Trinajstić information content (AvgIpc) is 2.54. The lowest BCUT2D eigenvalue weighted by atomic mass is 10.2. The molecule has 5 nitrogen and oxygen atoms in total. The molecular formula is C17H18N2O3. The van der Waals surface area contributed by atoms with Gasteiger partial charge in [0.2, 0.25) is 0 Å². The quantitative estimate of drug-likeness (QED) is 0.833. The second-order valence-electron chi connectivity index (χ2n) is 4.59. The molecule has 0 aliphatic rings. The summed E-state index contributed by atoms with van der Waals surface area (Å²) in [4.78, 5) is 23.5. The Morgan fingerprint density at radius 1 is 1.05 bits per heavy atom. The van der Waals surface area contributed by atoms with E-state index in [9.17, 15) is 9.59 Å². The Morgan fingerprint density at radius 3 is 2.55 bits per heavy atom. The van der Waals surface area contributed by atoms with Gasteiger partial charge in [0, 0.05) is 12.2 Å². The Hall–Kier alpha value is -2.82. The third-order valence-corrected chi connectivity index (χ3v) is 2.93. The molecule has 0 aromatic heterocycles. The number of urea groups is 1. The number of carbonyl (C=O) groups is 2. The van der Waals surface area contributed by atoms with E-state index in [2.05, 4.69) is 10.6 Å². The first-order valence-corrected chi connectivity index (χ1v) is 7.05. The molecule has 0 unspecified atom stereocenters. The van der Waals surface area contributed by atoms with Gasteiger partial charge in [-0.25, -0.2) is 9.59 Å². The zero-order valence-corrected chi connectivity index (χ0v) is 12.3. The number of benzene rings is 2. The van der Waals surface area contributed by atoms with Gasteiger partial charge >= 0.3 is 12.0 Å². The maximum absolute atomic E-state index is 11.9. The number of esters is 1. The summed E-state index contributed by atoms with van der Waals surface area (Å²) in [7, 11) is 0. The molecule has 0 spiro atoms. The number of rotatable bonds is 5. The number of carbonyl (C=O) groups excluding carboxylic acids is 2. The van der Waals surface area contributed by atoms with Crippen LogP contribution in [0.1, 0.15) is 22.8 Å². The van der Waals surface area contributed by atoms with Crippen LogP contribution in [0, 0.1) is 0 Å². The standard InChI is InChI=1S/C17H18N2O3/c1-2-22-16(20)14-9-6-10-15(11-14)19-17(21)18-12-13-7-4-3-5-8-13/h3-11H,2,12H2,1H3,(H2,18,19,21). The van der Waals surface area contributed by atoms with Crippen molar-refractivity contribution in [3.8, 4) is 0 Å². The molecule has 5 heteroatoms. The number of anilines is 1. The van der Waals surface area contributed by atoms with Crippen LogP contribution in [0.25, 0.3) is 0 Å². The fraction of sp³-hybridized carbons (Fsp3) is 0.176. The summed E-state index contributed by atoms with van der Waals surface area (Å²) in [6, 6.07) is 15.9. The summed E-state index contributed by atoms with van der Waals surface area (Å²) in [5.74, 6) is -0.407. The van der Waals surface area contributed by atoms with E-state index in [-0.39, 0.29) is 6.03 Å². The van der Waals surface area contributed by atoms with Gasteiger partial charge in [0.15, 0.2) is 0 Å². The van der Waals surface area contributed by atoms with Crippen molar-refractivity contribution < 1.29 is 14.3 Å². The summed E-state index contributed by atoms with van der Waals surface area (Å²) in [6.07, 6.45) is 0. The molecular weight excluding hydrogens is 280 g/mol. The third-order valence-electron chi connectivity index (χ3n) is 2.93. The normalized spacial score (nSPS) is 9.86. The molecule has 0 saturated carbocycles. The van der Waals surface area contributed by atoms with Crippen molar-refractivity contribution in [1.29, 1.82) is 0 Å². The molecule has 0 fully saturated rings. The monoisotopic (exact) mass is 298 g/mol. The van der Waals surface area contributed by atoms with E-state index in [1.807, 2.05) is 30.3 Å². The minimum atomic E-state index is -0.407. The Bertz CT molecular complexity index is 641. The number of amides is 2. The molecule has 114 valence electrons. The maximum Gasteiger partial charge on any atom is 0.338 e. The molecule has 2 amide bonds. The van der Waals surface area contributed by atoms with Gasteiger partial charge in [0.25, 0.3) is 0 Å². The van der Waals surface area contributed by atoms with Crippen LogP contribution in [-0.2, 0) is 11.3 Å². The first kappa shape index (κ1) is 15.6. The van der Waals surface area contributed by atoms with E-state index < -0.39 is 5.97 Å². The van der Waals surface area contributed by atoms with Crippen molar-refractivity contribution in [1.82, 2.24) is 5.32 Å². The van der Waals surface area contributed by atoms with Gasteiger partial charge in [-0.15, -0.1) is 0 Å². The van der Waals surface area contributed by atoms with Crippen LogP contribution in [0.15, 0.2) is 54.6 Å². The minimum absolute atomic E-state index is 0.314. The average molecular weight is 298 g/mol. The number of ether oxygens (including phenoxy) is 1. The van der Waals surface area contributed by atoms with Gasteiger partial charge in [-0.3, -0.25) is 0 Å². The van der Waals surface area contributed by atoms with Crippen molar-refractivity contribution in [2.24, 2.45) is 0 Å². The van der Waals surface area contributed by atoms with E-state index in [0.29, 0.717) is 24.4 Å². The molecule has 0 aliphatic heterocycles. The molecule has 0 heterocycles. The van der Waals surface area contributed by atoms with E-state index in [1.165, 1.54) is 0 Å². The molecule has 0 radical (unpaired) electrons. The zero-order valence-electron chi connectivity index (χ0n) is 12.3. The second-order valence-corrected chi connectivity index (χ2v) is 4.59. The van der Waals surface area contributed by atoms with Gasteiger partial charge in [0.1, 0.15) is 0 Å². The lowest BCUT2D eigenvalue weighted by Crippen LogP contribution is -2.28. The third kappa shape index (κ3) is 4.63. The Morgan fingerprint density at radius 2 is 1.82 bits per heavy atom. The van der Waals surface area contributed by atoms with Crippen molar-refractivity contribution in [3.63, 3.8) is 0 Å². The Labute approximate surface area is 129 Å². The van der Waals surface area contributed by atoms with Gasteiger partial charge in [-0.2, -0.15) is 0 Å². The van der Waals surface area contributed by atoms with E-state index in [1.54, 1.807) is 31.2 Å². The van der Waals surface area contributed by atoms with Crippen molar-refractivity contribution in [2.75, 3.05) is 11.9 Å². The molecule has 2 rings (SSSR count). The topological polar surface area (TPSA) is 67.4 Å². The van der Waals surface area contributed by atoms with E-state index in [0.717, 1.165) is 5.56 Å². The summed E-state index contributed by atoms with van der Waals surface area (Å²) in [5, 5.41) is 5.45. The molecule has 0 atom stereocenters. The van der Waals surface area contributed by atoms with Crippen molar-refractivity contribution >= 4 is 17.7 Å². The van der Waals surface area contributed by atoms with Crippen LogP contribution in [0.5, 0.6) is 0 Å². The SMILES string of the molecule is CCOC(=O)c1cccc(NC(=O)NCc2ccccc2)c1. The molecule has 0 saturated heterocycles. The lowest BCUT2D eigenvalue weighted by Gasteiger charge is -2.09. The predicted molar refractivity (Wildman–Crippen MR) is 84.7 cm³/mol. The van der Waals surface area contributed by atoms with Gasteiger partial charge in [-0.1, -0.05) is 36.4 Å². The zero-order chi connectivity index (χ0) is 15.8. The van der Waals surface area contributed by atoms with Crippen LogP contribution in [-0.4, -0.2) is 18.6 Å². The van der Waals surface area contributed by atoms with Gasteiger partial charge < -0.3 is 15.4 Å². The Kier molecular flexibility index (Phi) is 5.54. The summed E-state index contributed by atoms with van der Waals surface area (Å²) in [6.45, 7) is 2.50. The fourth-order valence-electron chi connectivity index (χ4n) is 1.89. The van der Waals surface area contributed by atoms with E-state index in [4.69, 9.17) is 4.74 Å². The number of hydrogen-bond donors (Lipinski definition) is 2. The summed E-state index contributed by atoms with van der Waals surface area (Å²) < 4.78 is 4.93. The number of nitrogens with one attached hydrogen (secondary N) is 2. The van der Waals surface area contributed by atoms with Crippen LogP contribution in [0.2, 0.25) is 0 Å². The van der Waals surface area contributed by atoms with Crippen LogP contribution in [0.4, 0.5) is 10.5 Å². The smallest absolute Gasteiger partial charge is 0.338 e. The van der Waals surface area contributed by atoms with Crippen LogP contribution in [0.3, 0.4) is 0 Å². The highest BCUT2D eigenvalue weighted by atomic mass is 16.5. The highest BCUT2D eigenvalue weighted by Gasteiger charge is 2.08. The van der Waals surface area contributed by atoms with E-state index >= 15 is 0 Å². The number of hydrogen-bond acceptors (Lipinski definition) is 3. The molecule has 2 N–H and O–H groups in total. The second kappa shape index (κ2) is 7.83. The predicted octanol–water partition coefficient (Wildman–Crippen LogP) is 3.19. The fourth-order valence-corrected chi connectivity index (χ4v) is 1.89. The van der Waals surface area contributed by atoms with Crippen LogP contribution >= 0.6 is 0 Å². The highest BCUT2D eigenvalue weighted by molar-refractivity contribution is 5.93. The maximum atomic E-state index is 11.9. The summed E-state index contributed by atoms with van der Waals surface area (Å²) in [5.41, 5.74) is 1.96. The molecule has 0 bridgehead atoms. The van der Waals surface area contributed by atoms with Crippen LogP contribution < -0.4 is 10.6 Å². The van der Waals surface area contributed by atoms with Crippen molar-refractivity contribution in [2.45, 2.75) is 13.5 Å². The first-order chi connectivity index (χ1) is 10.7. The summed E-state index contributed by atoms with van der Waals surface area (Å²) >= 11 is 0. The molecule has 22 heavy (non-hydrogen) atoms. The first-order valence-electron chi connectivity index (χ1n) is 7.05. The highest BCUT2D eigenvalue weighted by Crippen LogP contribution is 2.11. The molecule has 2 aromatic rings. The van der Waals surface area contributed by atoms with Gasteiger partial charge in [0.05, 0.1) is 12.2 Å². The minimum Gasteiger partial charge on any atom is -0.462 e. The Balaban J connectivity index is 1.91. The molecule has 0 aliphatic carbocycles. The lowest BCUT2D eigenvalue weighted by molar-refractivity contribution is 0.0526. The van der Waals surface area contributed by atoms with Crippen molar-refractivity contribution in [3.05, 3.63) is 65.7 Å². The van der Waals surface area contributed by atoms with Gasteiger partial charge in [-0.05, 0) is 30.7 Å². The molecule has 2 aromatic carbocycles.